The number of likely N-dealkylation sites (tertiary alicyclic amines) is 1. The quantitative estimate of drug-likeness (QED) is 0.920. The number of hydrogen-bond acceptors (Lipinski definition) is 5. The van der Waals surface area contributed by atoms with Gasteiger partial charge in [0.25, 0.3) is 5.91 Å². The van der Waals surface area contributed by atoms with Gasteiger partial charge < -0.3 is 10.2 Å². The van der Waals surface area contributed by atoms with E-state index >= 15 is 0 Å². The topological polar surface area (TPSA) is 75.2 Å². The van der Waals surface area contributed by atoms with Gasteiger partial charge in [-0.3, -0.25) is 9.59 Å². The lowest BCUT2D eigenvalue weighted by molar-refractivity contribution is -0.131. The highest BCUT2D eigenvalue weighted by Crippen LogP contribution is 2.29. The Labute approximate surface area is 135 Å². The highest BCUT2D eigenvalue weighted by Gasteiger charge is 2.43. The van der Waals surface area contributed by atoms with Crippen LogP contribution in [-0.2, 0) is 4.79 Å². The molecule has 0 aliphatic carbocycles. The van der Waals surface area contributed by atoms with Crippen LogP contribution in [0.2, 0.25) is 0 Å². The number of hydrogen-bond donors (Lipinski definition) is 1. The van der Waals surface area contributed by atoms with E-state index in [1.54, 1.807) is 10.3 Å². The van der Waals surface area contributed by atoms with E-state index in [2.05, 4.69) is 28.8 Å². The fourth-order valence-electron chi connectivity index (χ4n) is 2.74. The molecule has 1 N–H and O–H groups in total. The molecule has 1 unspecified atom stereocenters. The third-order valence-electron chi connectivity index (χ3n) is 4.13. The number of nitrogens with one attached hydrogen (secondary N) is 1. The fourth-order valence-corrected chi connectivity index (χ4v) is 3.17. The van der Waals surface area contributed by atoms with Gasteiger partial charge in [-0.15, -0.1) is 5.10 Å². The lowest BCUT2D eigenvalue weighted by Crippen LogP contribution is -2.59. The number of amides is 2. The average molecular weight is 324 g/mol. The van der Waals surface area contributed by atoms with Crippen molar-refractivity contribution in [1.29, 1.82) is 0 Å². The van der Waals surface area contributed by atoms with Gasteiger partial charge in [-0.25, -0.2) is 0 Å². The Kier molecular flexibility index (Phi) is 5.50. The molecule has 0 saturated carbocycles. The molecular weight excluding hydrogens is 300 g/mol. The first kappa shape index (κ1) is 16.9. The Hall–Kier alpha value is -1.50. The standard InChI is InChI=1S/C15H24N4O2S/c1-11(2)9-16-14(21)15(3)7-5-4-6-8-19(15)13(20)12-10-22-18-17-12/h10-11H,4-9H2,1-3H3,(H,16,21). The molecule has 1 fully saturated rings. The lowest BCUT2D eigenvalue weighted by atomic mass is 9.92. The van der Waals surface area contributed by atoms with Crippen molar-refractivity contribution in [3.8, 4) is 0 Å². The summed E-state index contributed by atoms with van der Waals surface area (Å²) in [4.78, 5) is 27.1. The van der Waals surface area contributed by atoms with Crippen LogP contribution in [0, 0.1) is 5.92 Å². The minimum atomic E-state index is -0.813. The third-order valence-corrected chi connectivity index (χ3v) is 4.63. The van der Waals surface area contributed by atoms with E-state index in [4.69, 9.17) is 0 Å². The Bertz CT molecular complexity index is 518. The van der Waals surface area contributed by atoms with Crippen molar-refractivity contribution in [3.05, 3.63) is 11.1 Å². The molecular formula is C15H24N4O2S. The summed E-state index contributed by atoms with van der Waals surface area (Å²) in [7, 11) is 0. The molecule has 7 heteroatoms. The van der Waals surface area contributed by atoms with Crippen molar-refractivity contribution >= 4 is 23.3 Å². The first-order chi connectivity index (χ1) is 10.4. The monoisotopic (exact) mass is 324 g/mol. The van der Waals surface area contributed by atoms with E-state index < -0.39 is 5.54 Å². The maximum absolute atomic E-state index is 12.7. The summed E-state index contributed by atoms with van der Waals surface area (Å²) in [5.74, 6) is 0.114. The van der Waals surface area contributed by atoms with Gasteiger partial charge in [0.05, 0.1) is 0 Å². The van der Waals surface area contributed by atoms with Gasteiger partial charge in [0.2, 0.25) is 5.91 Å². The van der Waals surface area contributed by atoms with E-state index in [9.17, 15) is 9.59 Å². The first-order valence-electron chi connectivity index (χ1n) is 7.82. The molecule has 1 saturated heterocycles. The Morgan fingerprint density at radius 1 is 1.41 bits per heavy atom. The summed E-state index contributed by atoms with van der Waals surface area (Å²) < 4.78 is 3.76. The maximum Gasteiger partial charge on any atom is 0.276 e. The average Bonchev–Trinajstić information content (AvgIpc) is 2.94. The second kappa shape index (κ2) is 7.17. The molecule has 1 aromatic rings. The van der Waals surface area contributed by atoms with Crippen LogP contribution in [0.3, 0.4) is 0 Å². The molecule has 2 heterocycles. The number of carbonyl (C=O) groups is 2. The van der Waals surface area contributed by atoms with Crippen molar-refractivity contribution < 1.29 is 9.59 Å². The molecule has 0 radical (unpaired) electrons. The highest BCUT2D eigenvalue weighted by molar-refractivity contribution is 7.03. The lowest BCUT2D eigenvalue weighted by Gasteiger charge is -2.38. The van der Waals surface area contributed by atoms with E-state index in [0.717, 1.165) is 30.8 Å². The molecule has 2 amide bonds. The van der Waals surface area contributed by atoms with Gasteiger partial charge in [-0.05, 0) is 37.2 Å². The molecule has 1 aliphatic heterocycles. The molecule has 0 bridgehead atoms. The Balaban J connectivity index is 2.22. The second-order valence-corrected chi connectivity index (χ2v) is 7.05. The summed E-state index contributed by atoms with van der Waals surface area (Å²) in [5, 5.41) is 8.49. The van der Waals surface area contributed by atoms with Crippen LogP contribution in [0.4, 0.5) is 0 Å². The fraction of sp³-hybridized carbons (Fsp3) is 0.733. The van der Waals surface area contributed by atoms with Crippen LogP contribution in [0.5, 0.6) is 0 Å². The maximum atomic E-state index is 12.7. The zero-order valence-electron chi connectivity index (χ0n) is 13.5. The number of rotatable bonds is 4. The van der Waals surface area contributed by atoms with Crippen molar-refractivity contribution in [2.45, 2.75) is 52.0 Å². The van der Waals surface area contributed by atoms with Crippen LogP contribution in [-0.4, -0.2) is 44.9 Å². The molecule has 1 aromatic heterocycles. The van der Waals surface area contributed by atoms with E-state index in [1.807, 2.05) is 6.92 Å². The van der Waals surface area contributed by atoms with Crippen molar-refractivity contribution in [1.82, 2.24) is 19.8 Å². The van der Waals surface area contributed by atoms with Gasteiger partial charge in [-0.1, -0.05) is 31.2 Å². The summed E-state index contributed by atoms with van der Waals surface area (Å²) in [6.07, 6.45) is 3.58. The summed E-state index contributed by atoms with van der Waals surface area (Å²) in [5.41, 5.74) is -0.485. The summed E-state index contributed by atoms with van der Waals surface area (Å²) in [6, 6.07) is 0. The van der Waals surface area contributed by atoms with E-state index in [0.29, 0.717) is 31.1 Å². The molecule has 2 rings (SSSR count). The molecule has 0 aromatic carbocycles. The largest absolute Gasteiger partial charge is 0.354 e. The van der Waals surface area contributed by atoms with Crippen molar-refractivity contribution in [2.75, 3.05) is 13.1 Å². The van der Waals surface area contributed by atoms with Crippen LogP contribution in [0.1, 0.15) is 56.9 Å². The number of aromatic nitrogens is 2. The van der Waals surface area contributed by atoms with Crippen LogP contribution < -0.4 is 5.32 Å². The minimum Gasteiger partial charge on any atom is -0.354 e. The number of carbonyl (C=O) groups excluding carboxylic acids is 2. The highest BCUT2D eigenvalue weighted by atomic mass is 32.1. The SMILES string of the molecule is CC(C)CNC(=O)C1(C)CCCCCN1C(=O)c1csnn1. The van der Waals surface area contributed by atoms with Gasteiger partial charge in [0.15, 0.2) is 5.69 Å². The molecule has 1 aliphatic rings. The molecule has 6 nitrogen and oxygen atoms in total. The summed E-state index contributed by atoms with van der Waals surface area (Å²) >= 11 is 1.15. The zero-order chi connectivity index (χ0) is 16.2. The van der Waals surface area contributed by atoms with Crippen LogP contribution >= 0.6 is 11.5 Å². The van der Waals surface area contributed by atoms with Gasteiger partial charge in [0, 0.05) is 18.5 Å². The predicted octanol–water partition coefficient (Wildman–Crippen LogP) is 2.09. The smallest absolute Gasteiger partial charge is 0.276 e. The second-order valence-electron chi connectivity index (χ2n) is 6.44. The zero-order valence-corrected chi connectivity index (χ0v) is 14.3. The van der Waals surface area contributed by atoms with E-state index in [-0.39, 0.29) is 11.8 Å². The van der Waals surface area contributed by atoms with E-state index in [1.165, 1.54) is 0 Å². The molecule has 22 heavy (non-hydrogen) atoms. The predicted molar refractivity (Wildman–Crippen MR) is 85.7 cm³/mol. The van der Waals surface area contributed by atoms with Gasteiger partial charge in [-0.2, -0.15) is 0 Å². The molecule has 0 spiro atoms. The van der Waals surface area contributed by atoms with Crippen LogP contribution in [0.25, 0.3) is 0 Å². The van der Waals surface area contributed by atoms with Gasteiger partial charge >= 0.3 is 0 Å². The Morgan fingerprint density at radius 3 is 2.82 bits per heavy atom. The molecule has 1 atom stereocenters. The summed E-state index contributed by atoms with van der Waals surface area (Å²) in [6.45, 7) is 7.18. The first-order valence-corrected chi connectivity index (χ1v) is 8.66. The third kappa shape index (κ3) is 3.63. The van der Waals surface area contributed by atoms with Crippen molar-refractivity contribution in [2.24, 2.45) is 5.92 Å². The Morgan fingerprint density at radius 2 is 2.18 bits per heavy atom. The van der Waals surface area contributed by atoms with Gasteiger partial charge in [0.1, 0.15) is 5.54 Å². The van der Waals surface area contributed by atoms with Crippen molar-refractivity contribution in [3.63, 3.8) is 0 Å². The van der Waals surface area contributed by atoms with Crippen LogP contribution in [0.15, 0.2) is 5.38 Å². The minimum absolute atomic E-state index is 0.0698. The normalized spacial score (nSPS) is 22.5. The number of nitrogens with zero attached hydrogens (tertiary/aromatic N) is 3. The molecule has 122 valence electrons.